The summed E-state index contributed by atoms with van der Waals surface area (Å²) in [4.78, 5) is 21.0. The molecule has 4 nitrogen and oxygen atoms in total. The maximum absolute atomic E-state index is 12.2. The van der Waals surface area contributed by atoms with E-state index in [0.29, 0.717) is 6.04 Å². The van der Waals surface area contributed by atoms with E-state index in [2.05, 4.69) is 40.7 Å². The van der Waals surface area contributed by atoms with Gasteiger partial charge in [0.2, 0.25) is 0 Å². The largest absolute Gasteiger partial charge is 0.322 e. The molecule has 1 fully saturated rings. The van der Waals surface area contributed by atoms with Crippen molar-refractivity contribution in [3.05, 3.63) is 45.3 Å². The van der Waals surface area contributed by atoms with Crippen molar-refractivity contribution in [2.45, 2.75) is 57.4 Å². The number of aryl methyl sites for hydroxylation is 1. The molecule has 0 radical (unpaired) electrons. The SMILES string of the molecule is CC1=NCC(C)=C1c1cc(SNC2CCCC2)c2cc(C)c(=O)[nH]c2c1. The molecule has 2 aromatic rings. The average Bonchev–Trinajstić information content (AvgIpc) is 3.24. The van der Waals surface area contributed by atoms with E-state index >= 15 is 0 Å². The first kappa shape index (κ1) is 17.6. The number of rotatable bonds is 4. The van der Waals surface area contributed by atoms with Crippen LogP contribution in [-0.4, -0.2) is 23.3 Å². The van der Waals surface area contributed by atoms with E-state index < -0.39 is 0 Å². The normalized spacial score (nSPS) is 18.2. The number of H-pyrrole nitrogens is 1. The molecule has 0 unspecified atom stereocenters. The Bertz CT molecular complexity index is 981. The minimum absolute atomic E-state index is 0.0168. The van der Waals surface area contributed by atoms with Crippen LogP contribution in [0.25, 0.3) is 16.5 Å². The first-order valence-corrected chi connectivity index (χ1v) is 10.2. The van der Waals surface area contributed by atoms with E-state index in [1.54, 1.807) is 11.9 Å². The molecule has 136 valence electrons. The van der Waals surface area contributed by atoms with Crippen molar-refractivity contribution in [3.63, 3.8) is 0 Å². The van der Waals surface area contributed by atoms with Gasteiger partial charge in [0, 0.05) is 33.2 Å². The second-order valence-electron chi connectivity index (χ2n) is 7.48. The van der Waals surface area contributed by atoms with Gasteiger partial charge < -0.3 is 4.98 Å². The molecule has 0 saturated heterocycles. The van der Waals surface area contributed by atoms with Crippen LogP contribution in [0.4, 0.5) is 0 Å². The van der Waals surface area contributed by atoms with Crippen molar-refractivity contribution in [3.8, 4) is 0 Å². The Morgan fingerprint density at radius 2 is 1.92 bits per heavy atom. The number of allylic oxidation sites excluding steroid dienone is 1. The number of aromatic amines is 1. The highest BCUT2D eigenvalue weighted by molar-refractivity contribution is 7.97. The van der Waals surface area contributed by atoms with E-state index in [4.69, 9.17) is 0 Å². The average molecular weight is 368 g/mol. The van der Waals surface area contributed by atoms with Gasteiger partial charge in [-0.05, 0) is 74.9 Å². The number of fused-ring (bicyclic) bond motifs is 1. The van der Waals surface area contributed by atoms with Crippen LogP contribution in [0.2, 0.25) is 0 Å². The van der Waals surface area contributed by atoms with Crippen molar-refractivity contribution in [2.75, 3.05) is 6.54 Å². The van der Waals surface area contributed by atoms with Crippen LogP contribution < -0.4 is 10.3 Å². The molecule has 26 heavy (non-hydrogen) atoms. The maximum atomic E-state index is 12.2. The molecule has 4 rings (SSSR count). The zero-order valence-corrected chi connectivity index (χ0v) is 16.4. The molecule has 5 heteroatoms. The molecule has 2 heterocycles. The molecule has 1 aliphatic heterocycles. The summed E-state index contributed by atoms with van der Waals surface area (Å²) in [7, 11) is 0. The quantitative estimate of drug-likeness (QED) is 0.775. The monoisotopic (exact) mass is 367 g/mol. The Labute approximate surface area is 158 Å². The summed E-state index contributed by atoms with van der Waals surface area (Å²) < 4.78 is 3.64. The van der Waals surface area contributed by atoms with Crippen molar-refractivity contribution < 1.29 is 0 Å². The van der Waals surface area contributed by atoms with Gasteiger partial charge in [-0.3, -0.25) is 14.5 Å². The molecule has 1 saturated carbocycles. The number of aliphatic imine (C=N–C) groups is 1. The van der Waals surface area contributed by atoms with E-state index in [9.17, 15) is 4.79 Å². The minimum atomic E-state index is -0.0168. The zero-order valence-electron chi connectivity index (χ0n) is 15.6. The van der Waals surface area contributed by atoms with Gasteiger partial charge in [0.15, 0.2) is 0 Å². The summed E-state index contributed by atoms with van der Waals surface area (Å²) in [6.07, 6.45) is 5.12. The van der Waals surface area contributed by atoms with Crippen molar-refractivity contribution in [2.24, 2.45) is 4.99 Å². The van der Waals surface area contributed by atoms with Crippen LogP contribution in [-0.2, 0) is 0 Å². The predicted molar refractivity (Wildman–Crippen MR) is 111 cm³/mol. The Kier molecular flexibility index (Phi) is 4.76. The number of hydrogen-bond acceptors (Lipinski definition) is 4. The summed E-state index contributed by atoms with van der Waals surface area (Å²) in [5, 5.41) is 1.10. The predicted octanol–water partition coefficient (Wildman–Crippen LogP) is 4.62. The molecule has 1 aliphatic carbocycles. The Hall–Kier alpha value is -1.85. The lowest BCUT2D eigenvalue weighted by atomic mass is 9.97. The fourth-order valence-electron chi connectivity index (χ4n) is 3.96. The van der Waals surface area contributed by atoms with Crippen molar-refractivity contribution >= 4 is 34.1 Å². The molecule has 2 N–H and O–H groups in total. The number of aromatic nitrogens is 1. The highest BCUT2D eigenvalue weighted by Gasteiger charge is 2.19. The Morgan fingerprint density at radius 1 is 1.15 bits per heavy atom. The van der Waals surface area contributed by atoms with E-state index in [1.165, 1.54) is 41.7 Å². The van der Waals surface area contributed by atoms with Crippen LogP contribution in [0.5, 0.6) is 0 Å². The van der Waals surface area contributed by atoms with Gasteiger partial charge in [-0.15, -0.1) is 0 Å². The zero-order chi connectivity index (χ0) is 18.3. The van der Waals surface area contributed by atoms with Crippen LogP contribution >= 0.6 is 11.9 Å². The van der Waals surface area contributed by atoms with Crippen molar-refractivity contribution in [1.29, 1.82) is 0 Å². The fraction of sp³-hybridized carbons (Fsp3) is 0.429. The van der Waals surface area contributed by atoms with Gasteiger partial charge in [-0.1, -0.05) is 12.8 Å². The number of pyridine rings is 1. The van der Waals surface area contributed by atoms with Crippen LogP contribution in [0, 0.1) is 6.92 Å². The molecule has 2 aliphatic rings. The number of benzene rings is 1. The first-order valence-electron chi connectivity index (χ1n) is 9.34. The third kappa shape index (κ3) is 3.26. The van der Waals surface area contributed by atoms with Crippen LogP contribution in [0.15, 0.2) is 38.5 Å². The Balaban J connectivity index is 1.81. The first-order chi connectivity index (χ1) is 12.5. The molecular weight excluding hydrogens is 342 g/mol. The fourth-order valence-corrected chi connectivity index (χ4v) is 4.95. The van der Waals surface area contributed by atoms with Crippen LogP contribution in [0.3, 0.4) is 0 Å². The highest BCUT2D eigenvalue weighted by atomic mass is 32.2. The minimum Gasteiger partial charge on any atom is -0.322 e. The second kappa shape index (κ2) is 7.05. The van der Waals surface area contributed by atoms with Gasteiger partial charge in [0.25, 0.3) is 5.56 Å². The summed E-state index contributed by atoms with van der Waals surface area (Å²) in [6, 6.07) is 6.93. The second-order valence-corrected chi connectivity index (χ2v) is 8.36. The standard InChI is InChI=1S/C21H25N3OS/c1-12-8-17-18(23-21(12)25)9-15(20-13(2)11-22-14(20)3)10-19(17)26-24-16-6-4-5-7-16/h8-10,16,24H,4-7,11H2,1-3H3,(H,23,25). The third-order valence-corrected chi connectivity index (χ3v) is 6.44. The highest BCUT2D eigenvalue weighted by Crippen LogP contribution is 2.34. The van der Waals surface area contributed by atoms with Crippen LogP contribution in [0.1, 0.15) is 50.7 Å². The Morgan fingerprint density at radius 3 is 2.62 bits per heavy atom. The molecule has 1 aromatic heterocycles. The maximum Gasteiger partial charge on any atom is 0.251 e. The summed E-state index contributed by atoms with van der Waals surface area (Å²) >= 11 is 1.70. The topological polar surface area (TPSA) is 57.2 Å². The van der Waals surface area contributed by atoms with E-state index in [0.717, 1.165) is 34.3 Å². The van der Waals surface area contributed by atoms with Gasteiger partial charge in [-0.2, -0.15) is 0 Å². The third-order valence-electron chi connectivity index (χ3n) is 5.43. The molecule has 0 bridgehead atoms. The summed E-state index contributed by atoms with van der Waals surface area (Å²) in [5.74, 6) is 0. The number of nitrogens with one attached hydrogen (secondary N) is 2. The number of hydrogen-bond donors (Lipinski definition) is 2. The lowest BCUT2D eigenvalue weighted by molar-refractivity contribution is 0.658. The number of nitrogens with zero attached hydrogens (tertiary/aromatic N) is 1. The van der Waals surface area contributed by atoms with E-state index in [1.807, 2.05) is 13.0 Å². The smallest absolute Gasteiger partial charge is 0.251 e. The molecule has 0 spiro atoms. The summed E-state index contributed by atoms with van der Waals surface area (Å²) in [5.41, 5.74) is 6.36. The van der Waals surface area contributed by atoms with Gasteiger partial charge in [0.1, 0.15) is 0 Å². The lowest BCUT2D eigenvalue weighted by Gasteiger charge is -2.15. The van der Waals surface area contributed by atoms with Gasteiger partial charge >= 0.3 is 0 Å². The summed E-state index contributed by atoms with van der Waals surface area (Å²) in [6.45, 7) is 6.84. The molecule has 0 amide bonds. The molecule has 1 aromatic carbocycles. The lowest BCUT2D eigenvalue weighted by Crippen LogP contribution is -2.18. The molecular formula is C21H25N3OS. The van der Waals surface area contributed by atoms with E-state index in [-0.39, 0.29) is 5.56 Å². The van der Waals surface area contributed by atoms with Crippen molar-refractivity contribution in [1.82, 2.24) is 9.71 Å². The van der Waals surface area contributed by atoms with Gasteiger partial charge in [0.05, 0.1) is 12.1 Å². The molecule has 0 atom stereocenters. The van der Waals surface area contributed by atoms with Gasteiger partial charge in [-0.25, -0.2) is 0 Å².